The first-order valence-corrected chi connectivity index (χ1v) is 9.75. The quantitative estimate of drug-likeness (QED) is 0.700. The van der Waals surface area contributed by atoms with E-state index in [1.165, 1.54) is 12.1 Å². The molecule has 3 rings (SSSR count). The molecule has 8 nitrogen and oxygen atoms in total. The number of carbonyl (C=O) groups excluding carboxylic acids is 2. The number of nitrogens with zero attached hydrogens (tertiary/aromatic N) is 3. The summed E-state index contributed by atoms with van der Waals surface area (Å²) in [7, 11) is 0. The summed E-state index contributed by atoms with van der Waals surface area (Å²) in [6, 6.07) is 5.04. The van der Waals surface area contributed by atoms with Crippen molar-refractivity contribution in [3.63, 3.8) is 0 Å². The second-order valence-corrected chi connectivity index (χ2v) is 6.84. The van der Waals surface area contributed by atoms with E-state index in [4.69, 9.17) is 4.74 Å². The SMILES string of the molecule is CCC(C(=O)Nc1cc(F)cc(C(=O)NCCN2CCOCC2)c1)n1cccn1. The Kier molecular flexibility index (Phi) is 7.31. The molecule has 1 unspecified atom stereocenters. The van der Waals surface area contributed by atoms with Gasteiger partial charge in [0.05, 0.1) is 13.2 Å². The third kappa shape index (κ3) is 5.85. The molecule has 2 N–H and O–H groups in total. The standard InChI is InChI=1S/C20H26FN5O3/c1-2-18(26-6-3-4-23-26)20(28)24-17-13-15(12-16(21)14-17)19(27)22-5-7-25-8-10-29-11-9-25/h3-4,6,12-14,18H,2,5,7-11H2,1H3,(H,22,27)(H,24,28). The molecule has 1 fully saturated rings. The van der Waals surface area contributed by atoms with E-state index in [0.717, 1.165) is 19.2 Å². The summed E-state index contributed by atoms with van der Waals surface area (Å²) in [5.41, 5.74) is 0.397. The topological polar surface area (TPSA) is 88.5 Å². The lowest BCUT2D eigenvalue weighted by atomic mass is 10.1. The maximum atomic E-state index is 14.0. The van der Waals surface area contributed by atoms with Gasteiger partial charge in [-0.25, -0.2) is 4.39 Å². The zero-order chi connectivity index (χ0) is 20.6. The first kappa shape index (κ1) is 20.9. The van der Waals surface area contributed by atoms with Crippen LogP contribution < -0.4 is 10.6 Å². The van der Waals surface area contributed by atoms with Crippen molar-refractivity contribution in [1.82, 2.24) is 20.0 Å². The Morgan fingerprint density at radius 3 is 2.76 bits per heavy atom. The van der Waals surface area contributed by atoms with E-state index in [0.29, 0.717) is 32.7 Å². The molecule has 2 amide bonds. The molecule has 0 spiro atoms. The van der Waals surface area contributed by atoms with Crippen molar-refractivity contribution in [2.45, 2.75) is 19.4 Å². The molecule has 1 aromatic carbocycles. The zero-order valence-electron chi connectivity index (χ0n) is 16.4. The Bertz CT molecular complexity index is 822. The monoisotopic (exact) mass is 403 g/mol. The van der Waals surface area contributed by atoms with Gasteiger partial charge in [-0.3, -0.25) is 19.2 Å². The number of hydrogen-bond acceptors (Lipinski definition) is 5. The first-order valence-electron chi connectivity index (χ1n) is 9.75. The molecule has 29 heavy (non-hydrogen) atoms. The number of halogens is 1. The summed E-state index contributed by atoms with van der Waals surface area (Å²) < 4.78 is 20.9. The molecule has 1 saturated heterocycles. The fraction of sp³-hybridized carbons (Fsp3) is 0.450. The number of carbonyl (C=O) groups is 2. The number of rotatable bonds is 8. The number of amides is 2. The van der Waals surface area contributed by atoms with Gasteiger partial charge in [-0.1, -0.05) is 6.92 Å². The van der Waals surface area contributed by atoms with Crippen LogP contribution in [0.2, 0.25) is 0 Å². The lowest BCUT2D eigenvalue weighted by Gasteiger charge is -2.26. The van der Waals surface area contributed by atoms with E-state index in [-0.39, 0.29) is 23.1 Å². The second kappa shape index (κ2) is 10.1. The minimum absolute atomic E-state index is 0.161. The van der Waals surface area contributed by atoms with E-state index in [1.54, 1.807) is 23.1 Å². The van der Waals surface area contributed by atoms with Gasteiger partial charge in [0.2, 0.25) is 5.91 Å². The second-order valence-electron chi connectivity index (χ2n) is 6.84. The Labute approximate surface area is 169 Å². The third-order valence-corrected chi connectivity index (χ3v) is 4.78. The van der Waals surface area contributed by atoms with Crippen molar-refractivity contribution < 1.29 is 18.7 Å². The molecular weight excluding hydrogens is 377 g/mol. The van der Waals surface area contributed by atoms with Crippen LogP contribution in [0, 0.1) is 5.82 Å². The molecule has 0 radical (unpaired) electrons. The first-order chi connectivity index (χ1) is 14.1. The van der Waals surface area contributed by atoms with Crippen molar-refractivity contribution in [2.75, 3.05) is 44.7 Å². The number of benzene rings is 1. The van der Waals surface area contributed by atoms with E-state index in [2.05, 4.69) is 20.6 Å². The van der Waals surface area contributed by atoms with Crippen LogP contribution in [-0.4, -0.2) is 65.9 Å². The predicted molar refractivity (Wildman–Crippen MR) is 106 cm³/mol. The van der Waals surface area contributed by atoms with E-state index in [9.17, 15) is 14.0 Å². The summed E-state index contributed by atoms with van der Waals surface area (Å²) in [4.78, 5) is 27.2. The van der Waals surface area contributed by atoms with Crippen LogP contribution in [0.25, 0.3) is 0 Å². The van der Waals surface area contributed by atoms with Gasteiger partial charge in [0.15, 0.2) is 0 Å². The molecule has 9 heteroatoms. The smallest absolute Gasteiger partial charge is 0.251 e. The normalized spacial score (nSPS) is 15.7. The third-order valence-electron chi connectivity index (χ3n) is 4.78. The van der Waals surface area contributed by atoms with Crippen LogP contribution >= 0.6 is 0 Å². The number of nitrogens with one attached hydrogen (secondary N) is 2. The Morgan fingerprint density at radius 1 is 1.28 bits per heavy atom. The van der Waals surface area contributed by atoms with E-state index in [1.807, 2.05) is 6.92 Å². The Balaban J connectivity index is 1.59. The number of ether oxygens (including phenoxy) is 1. The molecule has 0 aliphatic carbocycles. The largest absolute Gasteiger partial charge is 0.379 e. The van der Waals surface area contributed by atoms with Crippen molar-refractivity contribution in [3.8, 4) is 0 Å². The van der Waals surface area contributed by atoms with Crippen LogP contribution in [0.15, 0.2) is 36.7 Å². The summed E-state index contributed by atoms with van der Waals surface area (Å²) in [5.74, 6) is -1.29. The highest BCUT2D eigenvalue weighted by atomic mass is 19.1. The summed E-state index contributed by atoms with van der Waals surface area (Å²) >= 11 is 0. The lowest BCUT2D eigenvalue weighted by molar-refractivity contribution is -0.119. The fourth-order valence-corrected chi connectivity index (χ4v) is 3.23. The highest BCUT2D eigenvalue weighted by Gasteiger charge is 2.20. The molecule has 0 saturated carbocycles. The molecule has 1 aromatic heterocycles. The molecule has 1 atom stereocenters. The zero-order valence-corrected chi connectivity index (χ0v) is 16.4. The van der Waals surface area contributed by atoms with Gasteiger partial charge in [-0.2, -0.15) is 5.10 Å². The van der Waals surface area contributed by atoms with E-state index < -0.39 is 11.9 Å². The highest BCUT2D eigenvalue weighted by Crippen LogP contribution is 2.18. The van der Waals surface area contributed by atoms with Gasteiger partial charge in [0.25, 0.3) is 5.91 Å². The van der Waals surface area contributed by atoms with Crippen LogP contribution in [0.1, 0.15) is 29.7 Å². The minimum atomic E-state index is -0.590. The van der Waals surface area contributed by atoms with Gasteiger partial charge in [-0.05, 0) is 30.7 Å². The van der Waals surface area contributed by atoms with E-state index >= 15 is 0 Å². The number of hydrogen-bond donors (Lipinski definition) is 2. The summed E-state index contributed by atoms with van der Waals surface area (Å²) in [6.07, 6.45) is 3.82. The molecule has 2 heterocycles. The van der Waals surface area contributed by atoms with Crippen molar-refractivity contribution in [3.05, 3.63) is 48.0 Å². The van der Waals surface area contributed by atoms with Gasteiger partial charge in [-0.15, -0.1) is 0 Å². The summed E-state index contributed by atoms with van der Waals surface area (Å²) in [6.45, 7) is 6.08. The maximum Gasteiger partial charge on any atom is 0.251 e. The lowest BCUT2D eigenvalue weighted by Crippen LogP contribution is -2.41. The van der Waals surface area contributed by atoms with Gasteiger partial charge >= 0.3 is 0 Å². The fourth-order valence-electron chi connectivity index (χ4n) is 3.23. The molecule has 0 bridgehead atoms. The van der Waals surface area contributed by atoms with Crippen LogP contribution in [0.5, 0.6) is 0 Å². The van der Waals surface area contributed by atoms with Crippen LogP contribution in [-0.2, 0) is 9.53 Å². The number of anilines is 1. The molecule has 2 aromatic rings. The molecular formula is C20H26FN5O3. The number of morpholine rings is 1. The Morgan fingerprint density at radius 2 is 2.07 bits per heavy atom. The molecule has 156 valence electrons. The van der Waals surface area contributed by atoms with Gasteiger partial charge < -0.3 is 15.4 Å². The number of aromatic nitrogens is 2. The Hall–Kier alpha value is -2.78. The van der Waals surface area contributed by atoms with Gasteiger partial charge in [0.1, 0.15) is 11.9 Å². The average molecular weight is 403 g/mol. The summed E-state index contributed by atoms with van der Waals surface area (Å²) in [5, 5.41) is 9.57. The predicted octanol–water partition coefficient (Wildman–Crippen LogP) is 1.67. The van der Waals surface area contributed by atoms with Gasteiger partial charge in [0, 0.05) is 49.8 Å². The molecule has 1 aliphatic rings. The minimum Gasteiger partial charge on any atom is -0.379 e. The van der Waals surface area contributed by atoms with Crippen molar-refractivity contribution in [1.29, 1.82) is 0 Å². The average Bonchev–Trinajstić information content (AvgIpc) is 3.23. The highest BCUT2D eigenvalue weighted by molar-refractivity contribution is 5.98. The maximum absolute atomic E-state index is 14.0. The van der Waals surface area contributed by atoms with Crippen LogP contribution in [0.4, 0.5) is 10.1 Å². The van der Waals surface area contributed by atoms with Crippen LogP contribution in [0.3, 0.4) is 0 Å². The molecule has 1 aliphatic heterocycles. The van der Waals surface area contributed by atoms with Crippen molar-refractivity contribution >= 4 is 17.5 Å². The van der Waals surface area contributed by atoms with Crippen molar-refractivity contribution in [2.24, 2.45) is 0 Å².